The summed E-state index contributed by atoms with van der Waals surface area (Å²) >= 11 is 0. The van der Waals surface area contributed by atoms with Crippen molar-refractivity contribution in [2.75, 3.05) is 0 Å². The number of halogens is 1. The Morgan fingerprint density at radius 3 is 2.47 bits per heavy atom. The van der Waals surface area contributed by atoms with E-state index in [2.05, 4.69) is 6.92 Å². The molecule has 2 nitrogen and oxygen atoms in total. The van der Waals surface area contributed by atoms with Gasteiger partial charge < -0.3 is 5.11 Å². The highest BCUT2D eigenvalue weighted by molar-refractivity contribution is 5.80. The highest BCUT2D eigenvalue weighted by Crippen LogP contribution is 2.15. The van der Waals surface area contributed by atoms with Crippen LogP contribution in [0.2, 0.25) is 0 Å². The molecule has 1 aromatic carbocycles. The molecule has 3 heteroatoms. The number of carboxylic acid groups (broad SMARTS) is 1. The van der Waals surface area contributed by atoms with Crippen molar-refractivity contribution in [1.82, 2.24) is 0 Å². The third-order valence-corrected chi connectivity index (χ3v) is 2.73. The van der Waals surface area contributed by atoms with E-state index in [1.54, 1.807) is 18.2 Å². The fourth-order valence-electron chi connectivity index (χ4n) is 1.73. The minimum absolute atomic E-state index is 0.272. The summed E-state index contributed by atoms with van der Waals surface area (Å²) in [7, 11) is 0. The molecule has 102 valence electrons. The number of carbonyl (C=O) groups is 1. The maximum Gasteiger partial charge on any atom is 0.328 e. The molecule has 1 rings (SSSR count). The van der Waals surface area contributed by atoms with Gasteiger partial charge in [0.15, 0.2) is 0 Å². The summed E-state index contributed by atoms with van der Waals surface area (Å²) in [5.74, 6) is -1.23. The van der Waals surface area contributed by atoms with E-state index in [1.165, 1.54) is 12.1 Å². The quantitative estimate of drug-likeness (QED) is 0.448. The number of hydrogen-bond acceptors (Lipinski definition) is 1. The number of benzene rings is 1. The zero-order chi connectivity index (χ0) is 14.1. The Kier molecular flexibility index (Phi) is 6.58. The molecule has 0 saturated heterocycles. The van der Waals surface area contributed by atoms with Crippen LogP contribution in [0.1, 0.15) is 38.2 Å². The van der Waals surface area contributed by atoms with Crippen LogP contribution >= 0.6 is 0 Å². The summed E-state index contributed by atoms with van der Waals surface area (Å²) in [5, 5.41) is 8.67. The molecule has 0 radical (unpaired) electrons. The summed E-state index contributed by atoms with van der Waals surface area (Å²) in [6.45, 7) is 2.12. The Labute approximate surface area is 113 Å². The highest BCUT2D eigenvalue weighted by atomic mass is 19.1. The summed E-state index contributed by atoms with van der Waals surface area (Å²) < 4.78 is 12.8. The van der Waals surface area contributed by atoms with E-state index >= 15 is 0 Å². The summed E-state index contributed by atoms with van der Waals surface area (Å²) in [6.07, 6.45) is 8.73. The minimum Gasteiger partial charge on any atom is -0.478 e. The average molecular weight is 262 g/mol. The smallest absolute Gasteiger partial charge is 0.328 e. The number of aliphatic carboxylic acids is 1. The standard InChI is InChI=1S/C16H19FO2/c1-2-3-4-5-13(8-11-16(18)19)12-14-6-9-15(17)10-7-14/h6-12H,2-5H2,1H3,(H,18,19)/b11-8+,13-12+. The van der Waals surface area contributed by atoms with Crippen LogP contribution in [0.3, 0.4) is 0 Å². The lowest BCUT2D eigenvalue weighted by Gasteiger charge is -2.02. The van der Waals surface area contributed by atoms with Gasteiger partial charge >= 0.3 is 5.97 Å². The number of hydrogen-bond donors (Lipinski definition) is 1. The van der Waals surface area contributed by atoms with Crippen LogP contribution in [-0.2, 0) is 4.79 Å². The van der Waals surface area contributed by atoms with E-state index in [0.29, 0.717) is 0 Å². The predicted octanol–water partition coefficient (Wildman–Crippen LogP) is 4.43. The zero-order valence-electron chi connectivity index (χ0n) is 11.1. The number of unbranched alkanes of at least 4 members (excludes halogenated alkanes) is 2. The van der Waals surface area contributed by atoms with Crippen molar-refractivity contribution in [3.05, 3.63) is 53.4 Å². The van der Waals surface area contributed by atoms with Gasteiger partial charge in [-0.05, 0) is 36.1 Å². The molecule has 0 aliphatic rings. The lowest BCUT2D eigenvalue weighted by molar-refractivity contribution is -0.131. The molecule has 0 bridgehead atoms. The average Bonchev–Trinajstić information content (AvgIpc) is 2.38. The Bertz CT molecular complexity index is 458. The summed E-state index contributed by atoms with van der Waals surface area (Å²) in [6, 6.07) is 6.17. The Balaban J connectivity index is 2.81. The van der Waals surface area contributed by atoms with Crippen LogP contribution in [0.15, 0.2) is 42.0 Å². The molecule has 0 aliphatic carbocycles. The van der Waals surface area contributed by atoms with E-state index in [9.17, 15) is 9.18 Å². The minimum atomic E-state index is -0.958. The van der Waals surface area contributed by atoms with Crippen LogP contribution in [0.4, 0.5) is 4.39 Å². The van der Waals surface area contributed by atoms with Gasteiger partial charge in [-0.1, -0.05) is 44.1 Å². The maximum absolute atomic E-state index is 12.8. The van der Waals surface area contributed by atoms with Gasteiger partial charge in [0.1, 0.15) is 5.82 Å². The molecular weight excluding hydrogens is 243 g/mol. The molecule has 1 aromatic rings. The maximum atomic E-state index is 12.8. The molecule has 0 aliphatic heterocycles. The third-order valence-electron chi connectivity index (χ3n) is 2.73. The van der Waals surface area contributed by atoms with Crippen LogP contribution < -0.4 is 0 Å². The van der Waals surface area contributed by atoms with Crippen molar-refractivity contribution in [3.63, 3.8) is 0 Å². The Morgan fingerprint density at radius 2 is 1.89 bits per heavy atom. The first-order valence-corrected chi connectivity index (χ1v) is 6.49. The normalized spacial score (nSPS) is 12.0. The van der Waals surface area contributed by atoms with Crippen LogP contribution in [0.25, 0.3) is 6.08 Å². The van der Waals surface area contributed by atoms with Gasteiger partial charge in [0.05, 0.1) is 0 Å². The lowest BCUT2D eigenvalue weighted by atomic mass is 10.0. The second-order valence-corrected chi connectivity index (χ2v) is 4.40. The monoisotopic (exact) mass is 262 g/mol. The SMILES string of the molecule is CCCCCC(/C=C/C(=O)O)=C\c1ccc(F)cc1. The van der Waals surface area contributed by atoms with Crippen molar-refractivity contribution >= 4 is 12.0 Å². The Morgan fingerprint density at radius 1 is 1.21 bits per heavy atom. The number of carboxylic acids is 1. The van der Waals surface area contributed by atoms with E-state index in [0.717, 1.165) is 42.9 Å². The molecule has 19 heavy (non-hydrogen) atoms. The van der Waals surface area contributed by atoms with Crippen molar-refractivity contribution in [1.29, 1.82) is 0 Å². The molecule has 1 N–H and O–H groups in total. The zero-order valence-corrected chi connectivity index (χ0v) is 11.1. The van der Waals surface area contributed by atoms with E-state index < -0.39 is 5.97 Å². The molecular formula is C16H19FO2. The molecule has 0 unspecified atom stereocenters. The van der Waals surface area contributed by atoms with E-state index in [4.69, 9.17) is 5.11 Å². The van der Waals surface area contributed by atoms with Crippen LogP contribution in [0, 0.1) is 5.82 Å². The topological polar surface area (TPSA) is 37.3 Å². The third kappa shape index (κ3) is 6.55. The molecule has 0 heterocycles. The fraction of sp³-hybridized carbons (Fsp3) is 0.312. The van der Waals surface area contributed by atoms with Crippen molar-refractivity contribution in [2.24, 2.45) is 0 Å². The van der Waals surface area contributed by atoms with Gasteiger partial charge in [-0.3, -0.25) is 0 Å². The second kappa shape index (κ2) is 8.25. The first kappa shape index (κ1) is 15.2. The Hall–Kier alpha value is -1.90. The largest absolute Gasteiger partial charge is 0.478 e. The van der Waals surface area contributed by atoms with Gasteiger partial charge in [0.2, 0.25) is 0 Å². The van der Waals surface area contributed by atoms with Crippen molar-refractivity contribution in [3.8, 4) is 0 Å². The molecule has 0 atom stereocenters. The fourth-order valence-corrected chi connectivity index (χ4v) is 1.73. The highest BCUT2D eigenvalue weighted by Gasteiger charge is 1.97. The van der Waals surface area contributed by atoms with Gasteiger partial charge in [-0.2, -0.15) is 0 Å². The van der Waals surface area contributed by atoms with Crippen molar-refractivity contribution < 1.29 is 14.3 Å². The first-order chi connectivity index (χ1) is 9.11. The number of allylic oxidation sites excluding steroid dienone is 2. The molecule has 0 amide bonds. The van der Waals surface area contributed by atoms with Crippen molar-refractivity contribution in [2.45, 2.75) is 32.6 Å². The van der Waals surface area contributed by atoms with Gasteiger partial charge in [-0.15, -0.1) is 0 Å². The van der Waals surface area contributed by atoms with E-state index in [1.807, 2.05) is 6.08 Å². The predicted molar refractivity (Wildman–Crippen MR) is 75.3 cm³/mol. The van der Waals surface area contributed by atoms with Gasteiger partial charge in [-0.25, -0.2) is 9.18 Å². The second-order valence-electron chi connectivity index (χ2n) is 4.40. The molecule has 0 fully saturated rings. The lowest BCUT2D eigenvalue weighted by Crippen LogP contribution is -1.88. The number of rotatable bonds is 7. The van der Waals surface area contributed by atoms with Crippen LogP contribution in [0.5, 0.6) is 0 Å². The summed E-state index contributed by atoms with van der Waals surface area (Å²) in [4.78, 5) is 10.6. The van der Waals surface area contributed by atoms with Gasteiger partial charge in [0.25, 0.3) is 0 Å². The molecule has 0 saturated carbocycles. The summed E-state index contributed by atoms with van der Waals surface area (Å²) in [5.41, 5.74) is 1.82. The molecule has 0 aromatic heterocycles. The van der Waals surface area contributed by atoms with E-state index in [-0.39, 0.29) is 5.82 Å². The molecule has 0 spiro atoms. The van der Waals surface area contributed by atoms with Crippen LogP contribution in [-0.4, -0.2) is 11.1 Å². The van der Waals surface area contributed by atoms with Gasteiger partial charge in [0, 0.05) is 6.08 Å². The first-order valence-electron chi connectivity index (χ1n) is 6.49.